The van der Waals surface area contributed by atoms with Crippen molar-refractivity contribution >= 4 is 26.8 Å². The molecule has 2 rings (SSSR count). The van der Waals surface area contributed by atoms with Gasteiger partial charge in [-0.25, -0.2) is 0 Å². The molecule has 0 aliphatic carbocycles. The lowest BCUT2D eigenvalue weighted by Crippen LogP contribution is -2.05. The first-order valence-electron chi connectivity index (χ1n) is 4.49. The summed E-state index contributed by atoms with van der Waals surface area (Å²) in [4.78, 5) is 4.41. The fourth-order valence-electron chi connectivity index (χ4n) is 1.47. The molecule has 0 unspecified atom stereocenters. The molecule has 0 saturated carbocycles. The molecule has 0 saturated heterocycles. The molecule has 0 atom stereocenters. The molecule has 0 aliphatic heterocycles. The van der Waals surface area contributed by atoms with E-state index in [4.69, 9.17) is 0 Å². The molecule has 14 heavy (non-hydrogen) atoms. The Labute approximate surface area is 91.5 Å². The van der Waals surface area contributed by atoms with Crippen molar-refractivity contribution in [2.45, 2.75) is 6.54 Å². The van der Waals surface area contributed by atoms with Gasteiger partial charge < -0.3 is 5.32 Å². The van der Waals surface area contributed by atoms with E-state index >= 15 is 0 Å². The van der Waals surface area contributed by atoms with E-state index in [0.29, 0.717) is 0 Å². The zero-order valence-electron chi connectivity index (χ0n) is 7.92. The van der Waals surface area contributed by atoms with E-state index in [1.54, 1.807) is 0 Å². The molecule has 0 aliphatic rings. The van der Waals surface area contributed by atoms with Gasteiger partial charge in [0.15, 0.2) is 0 Å². The highest BCUT2D eigenvalue weighted by Gasteiger charge is 2.00. The number of para-hydroxylation sites is 1. The molecule has 0 spiro atoms. The molecule has 0 bridgehead atoms. The minimum Gasteiger partial charge on any atom is -0.316 e. The van der Waals surface area contributed by atoms with Crippen LogP contribution in [0.25, 0.3) is 10.9 Å². The number of nitrogens with zero attached hydrogens (tertiary/aromatic N) is 1. The quantitative estimate of drug-likeness (QED) is 0.887. The van der Waals surface area contributed by atoms with Crippen molar-refractivity contribution in [2.75, 3.05) is 7.05 Å². The van der Waals surface area contributed by atoms with Crippen molar-refractivity contribution in [3.05, 3.63) is 40.5 Å². The number of halogens is 1. The lowest BCUT2D eigenvalue weighted by molar-refractivity contribution is 0.815. The fourth-order valence-corrected chi connectivity index (χ4v) is 1.95. The van der Waals surface area contributed by atoms with E-state index in [9.17, 15) is 0 Å². The zero-order valence-corrected chi connectivity index (χ0v) is 9.51. The summed E-state index contributed by atoms with van der Waals surface area (Å²) in [6.45, 7) is 0.857. The van der Waals surface area contributed by atoms with Crippen LogP contribution in [0.1, 0.15) is 5.56 Å². The van der Waals surface area contributed by atoms with Gasteiger partial charge in [0, 0.05) is 22.6 Å². The van der Waals surface area contributed by atoms with Crippen molar-refractivity contribution in [1.29, 1.82) is 0 Å². The summed E-state index contributed by atoms with van der Waals surface area (Å²) < 4.78 is 1.05. The van der Waals surface area contributed by atoms with Crippen LogP contribution < -0.4 is 5.32 Å². The van der Waals surface area contributed by atoms with E-state index in [1.807, 2.05) is 25.4 Å². The predicted octanol–water partition coefficient (Wildman–Crippen LogP) is 2.72. The maximum Gasteiger partial charge on any atom is 0.0844 e. The minimum atomic E-state index is 0.857. The Kier molecular flexibility index (Phi) is 2.79. The summed E-state index contributed by atoms with van der Waals surface area (Å²) in [5.74, 6) is 0. The molecule has 0 amide bonds. The van der Waals surface area contributed by atoms with Crippen LogP contribution in [0, 0.1) is 0 Å². The zero-order chi connectivity index (χ0) is 9.97. The first-order valence-corrected chi connectivity index (χ1v) is 5.28. The summed E-state index contributed by atoms with van der Waals surface area (Å²) in [6.07, 6.45) is 1.91. The lowest BCUT2D eigenvalue weighted by Gasteiger charge is -2.03. The van der Waals surface area contributed by atoms with Gasteiger partial charge in [0.1, 0.15) is 0 Å². The average Bonchev–Trinajstić information content (AvgIpc) is 2.18. The van der Waals surface area contributed by atoms with E-state index < -0.39 is 0 Å². The van der Waals surface area contributed by atoms with Gasteiger partial charge in [-0.1, -0.05) is 12.1 Å². The number of fused-ring (bicyclic) bond motifs is 1. The van der Waals surface area contributed by atoms with Crippen molar-refractivity contribution < 1.29 is 0 Å². The molecule has 0 fully saturated rings. The third-order valence-corrected chi connectivity index (χ3v) is 2.74. The number of pyridine rings is 1. The average molecular weight is 251 g/mol. The minimum absolute atomic E-state index is 0.857. The number of benzene rings is 1. The van der Waals surface area contributed by atoms with Crippen molar-refractivity contribution in [2.24, 2.45) is 0 Å². The molecule has 1 aromatic carbocycles. The Morgan fingerprint density at radius 2 is 2.29 bits per heavy atom. The second kappa shape index (κ2) is 4.07. The molecule has 72 valence electrons. The van der Waals surface area contributed by atoms with Crippen LogP contribution in [0.3, 0.4) is 0 Å². The molecule has 3 heteroatoms. The monoisotopic (exact) mass is 250 g/mol. The van der Waals surface area contributed by atoms with E-state index in [1.165, 1.54) is 10.9 Å². The van der Waals surface area contributed by atoms with Crippen LogP contribution in [-0.2, 0) is 6.54 Å². The van der Waals surface area contributed by atoms with Gasteiger partial charge in [-0.05, 0) is 40.7 Å². The van der Waals surface area contributed by atoms with Crippen LogP contribution in [0.15, 0.2) is 34.9 Å². The predicted molar refractivity (Wildman–Crippen MR) is 62.2 cm³/mol. The third-order valence-electron chi connectivity index (χ3n) is 2.10. The highest BCUT2D eigenvalue weighted by molar-refractivity contribution is 9.10. The normalized spacial score (nSPS) is 10.7. The number of hydrogen-bond acceptors (Lipinski definition) is 2. The van der Waals surface area contributed by atoms with Gasteiger partial charge in [0.2, 0.25) is 0 Å². The highest BCUT2D eigenvalue weighted by atomic mass is 79.9. The Bertz CT molecular complexity index is 454. The van der Waals surface area contributed by atoms with Gasteiger partial charge >= 0.3 is 0 Å². The van der Waals surface area contributed by atoms with E-state index in [2.05, 4.69) is 38.4 Å². The molecular formula is C11H11BrN2. The lowest BCUT2D eigenvalue weighted by atomic mass is 10.1. The Morgan fingerprint density at radius 3 is 3.07 bits per heavy atom. The molecule has 0 radical (unpaired) electrons. The second-order valence-electron chi connectivity index (χ2n) is 3.19. The SMILES string of the molecule is CNCc1cnc2c(Br)cccc2c1. The Hall–Kier alpha value is -0.930. The first-order chi connectivity index (χ1) is 6.81. The van der Waals surface area contributed by atoms with E-state index in [0.717, 1.165) is 16.5 Å². The summed E-state index contributed by atoms with van der Waals surface area (Å²) in [7, 11) is 1.94. The molecule has 1 heterocycles. The van der Waals surface area contributed by atoms with Gasteiger partial charge in [-0.3, -0.25) is 4.98 Å². The summed E-state index contributed by atoms with van der Waals surface area (Å²) in [5, 5.41) is 4.28. The number of aromatic nitrogens is 1. The third kappa shape index (κ3) is 1.79. The fraction of sp³-hybridized carbons (Fsp3) is 0.182. The van der Waals surface area contributed by atoms with Gasteiger partial charge in [-0.15, -0.1) is 0 Å². The van der Waals surface area contributed by atoms with Crippen LogP contribution in [-0.4, -0.2) is 12.0 Å². The Balaban J connectivity index is 2.56. The van der Waals surface area contributed by atoms with E-state index in [-0.39, 0.29) is 0 Å². The topological polar surface area (TPSA) is 24.9 Å². The highest BCUT2D eigenvalue weighted by Crippen LogP contribution is 2.21. The van der Waals surface area contributed by atoms with Crippen LogP contribution in [0.4, 0.5) is 0 Å². The van der Waals surface area contributed by atoms with Crippen LogP contribution in [0.5, 0.6) is 0 Å². The maximum atomic E-state index is 4.41. The smallest absolute Gasteiger partial charge is 0.0844 e. The summed E-state index contributed by atoms with van der Waals surface area (Å²) >= 11 is 3.48. The molecular weight excluding hydrogens is 240 g/mol. The molecule has 2 nitrogen and oxygen atoms in total. The van der Waals surface area contributed by atoms with Crippen LogP contribution >= 0.6 is 15.9 Å². The van der Waals surface area contributed by atoms with Gasteiger partial charge in [0.25, 0.3) is 0 Å². The molecule has 1 N–H and O–H groups in total. The number of rotatable bonds is 2. The molecule has 2 aromatic rings. The first kappa shape index (κ1) is 9.62. The maximum absolute atomic E-state index is 4.41. The van der Waals surface area contributed by atoms with Gasteiger partial charge in [0.05, 0.1) is 5.52 Å². The van der Waals surface area contributed by atoms with Crippen molar-refractivity contribution in [3.8, 4) is 0 Å². The largest absolute Gasteiger partial charge is 0.316 e. The van der Waals surface area contributed by atoms with Gasteiger partial charge in [-0.2, -0.15) is 0 Å². The van der Waals surface area contributed by atoms with Crippen molar-refractivity contribution in [3.63, 3.8) is 0 Å². The van der Waals surface area contributed by atoms with Crippen molar-refractivity contribution in [1.82, 2.24) is 10.3 Å². The number of hydrogen-bond donors (Lipinski definition) is 1. The standard InChI is InChI=1S/C11H11BrN2/c1-13-6-8-5-9-3-2-4-10(12)11(9)14-7-8/h2-5,7,13H,6H2,1H3. The second-order valence-corrected chi connectivity index (χ2v) is 4.04. The van der Waals surface area contributed by atoms with Crippen LogP contribution in [0.2, 0.25) is 0 Å². The summed E-state index contributed by atoms with van der Waals surface area (Å²) in [5.41, 5.74) is 2.23. The Morgan fingerprint density at radius 1 is 1.43 bits per heavy atom. The number of nitrogens with one attached hydrogen (secondary N) is 1. The molecule has 1 aromatic heterocycles. The summed E-state index contributed by atoms with van der Waals surface area (Å²) in [6, 6.07) is 8.26.